The maximum absolute atomic E-state index is 12.4. The highest BCUT2D eigenvalue weighted by Gasteiger charge is 2.44. The van der Waals surface area contributed by atoms with Crippen molar-refractivity contribution in [3.05, 3.63) is 0 Å². The van der Waals surface area contributed by atoms with Gasteiger partial charge >= 0.3 is 0 Å². The second kappa shape index (κ2) is 6.02. The van der Waals surface area contributed by atoms with Gasteiger partial charge in [-0.3, -0.25) is 10.1 Å². The summed E-state index contributed by atoms with van der Waals surface area (Å²) in [7, 11) is 1.70. The molecular formula is C14H26N2O2. The average Bonchev–Trinajstić information content (AvgIpc) is 2.96. The number of rotatable bonds is 5. The van der Waals surface area contributed by atoms with E-state index >= 15 is 0 Å². The first kappa shape index (κ1) is 13.8. The summed E-state index contributed by atoms with van der Waals surface area (Å²) in [6.07, 6.45) is 6.21. The van der Waals surface area contributed by atoms with Gasteiger partial charge < -0.3 is 9.64 Å². The number of hydrogen-bond donors (Lipinski definition) is 1. The molecule has 4 heteroatoms. The predicted octanol–water partition coefficient (Wildman–Crippen LogP) is 1.75. The molecule has 1 aliphatic heterocycles. The summed E-state index contributed by atoms with van der Waals surface area (Å²) in [5.74, 6) is 0.892. The second-order valence-corrected chi connectivity index (χ2v) is 5.67. The minimum Gasteiger partial charge on any atom is -0.383 e. The molecule has 2 fully saturated rings. The van der Waals surface area contributed by atoms with Crippen LogP contribution in [-0.2, 0) is 9.53 Å². The van der Waals surface area contributed by atoms with Crippen molar-refractivity contribution in [3.8, 4) is 0 Å². The molecule has 1 saturated carbocycles. The van der Waals surface area contributed by atoms with Crippen molar-refractivity contribution in [2.75, 3.05) is 13.7 Å². The Bertz CT molecular complexity index is 290. The number of amides is 1. The molecule has 0 aromatic carbocycles. The van der Waals surface area contributed by atoms with Gasteiger partial charge in [-0.15, -0.1) is 0 Å². The lowest BCUT2D eigenvalue weighted by molar-refractivity contribution is -0.133. The van der Waals surface area contributed by atoms with Crippen LogP contribution in [0.2, 0.25) is 0 Å². The first-order valence-corrected chi connectivity index (χ1v) is 7.26. The molecular weight excluding hydrogens is 228 g/mol. The molecule has 1 saturated heterocycles. The lowest BCUT2D eigenvalue weighted by Crippen LogP contribution is -2.48. The molecule has 2 aliphatic rings. The van der Waals surface area contributed by atoms with E-state index in [1.807, 2.05) is 4.90 Å². The van der Waals surface area contributed by atoms with Gasteiger partial charge in [-0.1, -0.05) is 19.8 Å². The zero-order valence-corrected chi connectivity index (χ0v) is 11.8. The van der Waals surface area contributed by atoms with E-state index < -0.39 is 0 Å². The van der Waals surface area contributed by atoms with Gasteiger partial charge in [0.25, 0.3) is 0 Å². The third-order valence-corrected chi connectivity index (χ3v) is 4.36. The molecule has 0 spiro atoms. The summed E-state index contributed by atoms with van der Waals surface area (Å²) in [6, 6.07) is 0.173. The topological polar surface area (TPSA) is 41.6 Å². The minimum atomic E-state index is 0.00917. The van der Waals surface area contributed by atoms with Gasteiger partial charge in [0.05, 0.1) is 24.9 Å². The molecule has 104 valence electrons. The first-order chi connectivity index (χ1) is 8.69. The summed E-state index contributed by atoms with van der Waals surface area (Å²) in [5, 5.41) is 3.54. The van der Waals surface area contributed by atoms with Crippen LogP contribution in [0.1, 0.15) is 46.0 Å². The van der Waals surface area contributed by atoms with E-state index in [0.29, 0.717) is 12.5 Å². The molecule has 0 aromatic rings. The Morgan fingerprint density at radius 2 is 2.11 bits per heavy atom. The Morgan fingerprint density at radius 1 is 1.44 bits per heavy atom. The molecule has 0 bridgehead atoms. The summed E-state index contributed by atoms with van der Waals surface area (Å²) in [5.41, 5.74) is 0. The fourth-order valence-corrected chi connectivity index (χ4v) is 3.42. The van der Waals surface area contributed by atoms with Gasteiger partial charge in [-0.2, -0.15) is 0 Å². The van der Waals surface area contributed by atoms with Crippen LogP contribution in [0.5, 0.6) is 0 Å². The van der Waals surface area contributed by atoms with Crippen molar-refractivity contribution in [3.63, 3.8) is 0 Å². The van der Waals surface area contributed by atoms with Gasteiger partial charge in [0.1, 0.15) is 0 Å². The third kappa shape index (κ3) is 2.54. The van der Waals surface area contributed by atoms with Crippen molar-refractivity contribution in [2.24, 2.45) is 5.92 Å². The Balaban J connectivity index is 2.11. The van der Waals surface area contributed by atoms with Crippen molar-refractivity contribution in [1.82, 2.24) is 10.2 Å². The quantitative estimate of drug-likeness (QED) is 0.812. The van der Waals surface area contributed by atoms with E-state index in [0.717, 1.165) is 6.42 Å². The molecule has 0 aromatic heterocycles. The number of ether oxygens (including phenoxy) is 1. The SMILES string of the molecule is CCC1NC(C2CCCC2)N(C(C)COC)C1=O. The minimum absolute atomic E-state index is 0.00917. The van der Waals surface area contributed by atoms with Gasteiger partial charge in [-0.05, 0) is 32.1 Å². The molecule has 3 unspecified atom stereocenters. The van der Waals surface area contributed by atoms with Crippen molar-refractivity contribution in [1.29, 1.82) is 0 Å². The number of carbonyl (C=O) groups is 1. The fourth-order valence-electron chi connectivity index (χ4n) is 3.42. The van der Waals surface area contributed by atoms with E-state index in [2.05, 4.69) is 19.2 Å². The molecule has 0 radical (unpaired) electrons. The summed E-state index contributed by atoms with van der Waals surface area (Å²) >= 11 is 0. The second-order valence-electron chi connectivity index (χ2n) is 5.67. The number of carbonyl (C=O) groups excluding carboxylic acids is 1. The van der Waals surface area contributed by atoms with Crippen molar-refractivity contribution in [2.45, 2.75) is 64.2 Å². The van der Waals surface area contributed by atoms with E-state index in [9.17, 15) is 4.79 Å². The van der Waals surface area contributed by atoms with E-state index in [4.69, 9.17) is 4.74 Å². The number of nitrogens with zero attached hydrogens (tertiary/aromatic N) is 1. The van der Waals surface area contributed by atoms with Crippen LogP contribution in [0.3, 0.4) is 0 Å². The van der Waals surface area contributed by atoms with Gasteiger partial charge in [0.15, 0.2) is 0 Å². The lowest BCUT2D eigenvalue weighted by atomic mass is 10.0. The van der Waals surface area contributed by atoms with Crippen LogP contribution >= 0.6 is 0 Å². The van der Waals surface area contributed by atoms with Gasteiger partial charge in [0.2, 0.25) is 5.91 Å². The fraction of sp³-hybridized carbons (Fsp3) is 0.929. The third-order valence-electron chi connectivity index (χ3n) is 4.36. The maximum Gasteiger partial charge on any atom is 0.241 e. The Labute approximate surface area is 110 Å². The number of hydrogen-bond acceptors (Lipinski definition) is 3. The van der Waals surface area contributed by atoms with E-state index in [1.54, 1.807) is 7.11 Å². The van der Waals surface area contributed by atoms with Crippen LogP contribution in [0, 0.1) is 5.92 Å². The molecule has 1 N–H and O–H groups in total. The van der Waals surface area contributed by atoms with E-state index in [1.165, 1.54) is 25.7 Å². The zero-order valence-electron chi connectivity index (χ0n) is 11.8. The Hall–Kier alpha value is -0.610. The predicted molar refractivity (Wildman–Crippen MR) is 71.1 cm³/mol. The smallest absolute Gasteiger partial charge is 0.241 e. The maximum atomic E-state index is 12.4. The molecule has 1 amide bonds. The number of methoxy groups -OCH3 is 1. The zero-order chi connectivity index (χ0) is 13.1. The van der Waals surface area contributed by atoms with E-state index in [-0.39, 0.29) is 24.2 Å². The summed E-state index contributed by atoms with van der Waals surface area (Å²) in [6.45, 7) is 4.78. The lowest BCUT2D eigenvalue weighted by Gasteiger charge is -2.33. The van der Waals surface area contributed by atoms with Crippen LogP contribution in [0.15, 0.2) is 0 Å². The molecule has 4 nitrogen and oxygen atoms in total. The highest BCUT2D eigenvalue weighted by atomic mass is 16.5. The standard InChI is InChI=1S/C14H26N2O2/c1-4-12-14(17)16(10(2)9-18-3)13(15-12)11-7-5-6-8-11/h10-13,15H,4-9H2,1-3H3. The normalized spacial score (nSPS) is 31.3. The van der Waals surface area contributed by atoms with Crippen LogP contribution in [0.4, 0.5) is 0 Å². The molecule has 18 heavy (non-hydrogen) atoms. The van der Waals surface area contributed by atoms with Crippen LogP contribution in [-0.4, -0.2) is 42.8 Å². The van der Waals surface area contributed by atoms with Gasteiger partial charge in [0, 0.05) is 7.11 Å². The number of nitrogens with one attached hydrogen (secondary N) is 1. The Kier molecular flexibility index (Phi) is 4.62. The molecule has 2 rings (SSSR count). The largest absolute Gasteiger partial charge is 0.383 e. The molecule has 1 heterocycles. The molecule has 1 aliphatic carbocycles. The van der Waals surface area contributed by atoms with Gasteiger partial charge in [-0.25, -0.2) is 0 Å². The highest BCUT2D eigenvalue weighted by Crippen LogP contribution is 2.33. The van der Waals surface area contributed by atoms with Crippen LogP contribution < -0.4 is 5.32 Å². The Morgan fingerprint density at radius 3 is 2.67 bits per heavy atom. The first-order valence-electron chi connectivity index (χ1n) is 7.26. The van der Waals surface area contributed by atoms with Crippen molar-refractivity contribution >= 4 is 5.91 Å². The highest BCUT2D eigenvalue weighted by molar-refractivity contribution is 5.84. The average molecular weight is 254 g/mol. The summed E-state index contributed by atoms with van der Waals surface area (Å²) in [4.78, 5) is 14.5. The van der Waals surface area contributed by atoms with Crippen molar-refractivity contribution < 1.29 is 9.53 Å². The summed E-state index contributed by atoms with van der Waals surface area (Å²) < 4.78 is 5.22. The monoisotopic (exact) mass is 254 g/mol. The van der Waals surface area contributed by atoms with Crippen LogP contribution in [0.25, 0.3) is 0 Å². The molecule has 3 atom stereocenters.